The van der Waals surface area contributed by atoms with Crippen LogP contribution in [0.4, 0.5) is 0 Å². The number of carbonyl (C=O) groups excluding carboxylic acids is 1. The van der Waals surface area contributed by atoms with E-state index in [0.29, 0.717) is 0 Å². The molecule has 0 aromatic rings. The lowest BCUT2D eigenvalue weighted by molar-refractivity contribution is -0.125. The predicted octanol–water partition coefficient (Wildman–Crippen LogP) is 0.642. The normalized spacial score (nSPS) is 32.2. The van der Waals surface area contributed by atoms with Crippen LogP contribution in [0.1, 0.15) is 32.1 Å². The van der Waals surface area contributed by atoms with Gasteiger partial charge in [0.25, 0.3) is 0 Å². The minimum atomic E-state index is -0.105. The average molecular weight is 182 g/mol. The maximum Gasteiger partial charge on any atom is 0.222 e. The summed E-state index contributed by atoms with van der Waals surface area (Å²) in [7, 11) is 0. The molecule has 0 bridgehead atoms. The van der Waals surface area contributed by atoms with E-state index in [2.05, 4.69) is 5.32 Å². The number of rotatable bonds is 1. The van der Waals surface area contributed by atoms with Crippen molar-refractivity contribution >= 4 is 5.91 Å². The second-order valence-corrected chi connectivity index (χ2v) is 4.51. The van der Waals surface area contributed by atoms with Gasteiger partial charge in [0.2, 0.25) is 5.91 Å². The Morgan fingerprint density at radius 2 is 2.00 bits per heavy atom. The molecule has 2 aliphatic rings. The first-order valence-electron chi connectivity index (χ1n) is 5.25. The zero-order valence-electron chi connectivity index (χ0n) is 8.01. The van der Waals surface area contributed by atoms with Crippen molar-refractivity contribution in [3.63, 3.8) is 0 Å². The Balaban J connectivity index is 2.13. The van der Waals surface area contributed by atoms with Crippen LogP contribution in [0.15, 0.2) is 0 Å². The fraction of sp³-hybridized carbons (Fsp3) is 0.900. The smallest absolute Gasteiger partial charge is 0.222 e. The van der Waals surface area contributed by atoms with Crippen LogP contribution >= 0.6 is 0 Å². The molecule has 0 aromatic heterocycles. The van der Waals surface area contributed by atoms with Gasteiger partial charge in [-0.25, -0.2) is 0 Å². The van der Waals surface area contributed by atoms with Crippen molar-refractivity contribution in [2.45, 2.75) is 32.1 Å². The Morgan fingerprint density at radius 3 is 2.62 bits per heavy atom. The van der Waals surface area contributed by atoms with E-state index in [1.54, 1.807) is 0 Å². The number of carbonyl (C=O) groups is 1. The maximum atomic E-state index is 11.3. The molecule has 1 heterocycles. The van der Waals surface area contributed by atoms with Gasteiger partial charge >= 0.3 is 0 Å². The van der Waals surface area contributed by atoms with Crippen LogP contribution in [0, 0.1) is 11.3 Å². The molecule has 13 heavy (non-hydrogen) atoms. The molecule has 0 aromatic carbocycles. The van der Waals surface area contributed by atoms with E-state index in [-0.39, 0.29) is 17.2 Å². The van der Waals surface area contributed by atoms with E-state index in [0.717, 1.165) is 13.1 Å². The molecule has 0 radical (unpaired) electrons. The van der Waals surface area contributed by atoms with Crippen LogP contribution < -0.4 is 11.1 Å². The highest BCUT2D eigenvalue weighted by Gasteiger charge is 2.45. The number of nitrogens with one attached hydrogen (secondary N) is 1. The van der Waals surface area contributed by atoms with Crippen molar-refractivity contribution in [2.75, 3.05) is 13.1 Å². The number of hydrogen-bond donors (Lipinski definition) is 2. The van der Waals surface area contributed by atoms with Crippen LogP contribution in [0.3, 0.4) is 0 Å². The Morgan fingerprint density at radius 1 is 1.31 bits per heavy atom. The fourth-order valence-corrected chi connectivity index (χ4v) is 2.99. The van der Waals surface area contributed by atoms with Gasteiger partial charge in [-0.15, -0.1) is 0 Å². The average Bonchev–Trinajstić information content (AvgIpc) is 2.50. The molecule has 1 spiro atoms. The van der Waals surface area contributed by atoms with Crippen LogP contribution in [0.2, 0.25) is 0 Å². The highest BCUT2D eigenvalue weighted by atomic mass is 16.1. The number of hydrogen-bond acceptors (Lipinski definition) is 2. The summed E-state index contributed by atoms with van der Waals surface area (Å²) in [6, 6.07) is 0. The third kappa shape index (κ3) is 1.46. The van der Waals surface area contributed by atoms with Crippen LogP contribution in [0.5, 0.6) is 0 Å². The van der Waals surface area contributed by atoms with Crippen molar-refractivity contribution in [1.82, 2.24) is 5.32 Å². The molecule has 1 amide bonds. The molecular formula is C10H18N2O. The van der Waals surface area contributed by atoms with Crippen LogP contribution in [-0.4, -0.2) is 19.0 Å². The van der Waals surface area contributed by atoms with Gasteiger partial charge in [-0.1, -0.05) is 19.3 Å². The zero-order valence-corrected chi connectivity index (χ0v) is 8.01. The molecule has 1 saturated heterocycles. The van der Waals surface area contributed by atoms with Crippen molar-refractivity contribution in [2.24, 2.45) is 17.1 Å². The Hall–Kier alpha value is -0.570. The summed E-state index contributed by atoms with van der Waals surface area (Å²) in [5.74, 6) is -0.0142. The van der Waals surface area contributed by atoms with Gasteiger partial charge in [-0.3, -0.25) is 4.79 Å². The quantitative estimate of drug-likeness (QED) is 0.625. The molecule has 1 aliphatic carbocycles. The van der Waals surface area contributed by atoms with Crippen LogP contribution in [0.25, 0.3) is 0 Å². The maximum absolute atomic E-state index is 11.3. The molecule has 2 fully saturated rings. The summed E-state index contributed by atoms with van der Waals surface area (Å²) in [6.07, 6.45) is 6.24. The van der Waals surface area contributed by atoms with Crippen molar-refractivity contribution in [3.05, 3.63) is 0 Å². The molecule has 1 unspecified atom stereocenters. The molecule has 3 nitrogen and oxygen atoms in total. The van der Waals surface area contributed by atoms with Gasteiger partial charge in [0, 0.05) is 13.1 Å². The first-order valence-corrected chi connectivity index (χ1v) is 5.25. The third-order valence-electron chi connectivity index (χ3n) is 3.76. The SMILES string of the molecule is NC(=O)C1CNCC12CCCCC2. The summed E-state index contributed by atoms with van der Waals surface area (Å²) in [6.45, 7) is 1.80. The van der Waals surface area contributed by atoms with Gasteiger partial charge in [0.1, 0.15) is 0 Å². The molecular weight excluding hydrogens is 164 g/mol. The monoisotopic (exact) mass is 182 g/mol. The molecule has 1 aliphatic heterocycles. The predicted molar refractivity (Wildman–Crippen MR) is 51.1 cm³/mol. The van der Waals surface area contributed by atoms with E-state index in [1.807, 2.05) is 0 Å². The van der Waals surface area contributed by atoms with Gasteiger partial charge in [-0.2, -0.15) is 0 Å². The van der Waals surface area contributed by atoms with Gasteiger partial charge in [-0.05, 0) is 18.3 Å². The third-order valence-corrected chi connectivity index (χ3v) is 3.76. The lowest BCUT2D eigenvalue weighted by Gasteiger charge is -2.36. The number of amides is 1. The topological polar surface area (TPSA) is 55.1 Å². The van der Waals surface area contributed by atoms with E-state index in [4.69, 9.17) is 5.73 Å². The molecule has 3 N–H and O–H groups in total. The Bertz CT molecular complexity index is 209. The van der Waals surface area contributed by atoms with Gasteiger partial charge < -0.3 is 11.1 Å². The first-order chi connectivity index (χ1) is 6.25. The first kappa shape index (κ1) is 9.00. The van der Waals surface area contributed by atoms with Gasteiger partial charge in [0.15, 0.2) is 0 Å². The van der Waals surface area contributed by atoms with Crippen molar-refractivity contribution < 1.29 is 4.79 Å². The van der Waals surface area contributed by atoms with E-state index in [9.17, 15) is 4.79 Å². The minimum Gasteiger partial charge on any atom is -0.369 e. The summed E-state index contributed by atoms with van der Waals surface area (Å²) in [5, 5.41) is 3.31. The van der Waals surface area contributed by atoms with E-state index >= 15 is 0 Å². The van der Waals surface area contributed by atoms with Crippen molar-refractivity contribution in [3.8, 4) is 0 Å². The Labute approximate surface area is 79.1 Å². The molecule has 2 rings (SSSR count). The van der Waals surface area contributed by atoms with E-state index in [1.165, 1.54) is 32.1 Å². The highest BCUT2D eigenvalue weighted by molar-refractivity contribution is 5.78. The minimum absolute atomic E-state index is 0.0906. The summed E-state index contributed by atoms with van der Waals surface area (Å²) >= 11 is 0. The second-order valence-electron chi connectivity index (χ2n) is 4.51. The molecule has 1 saturated carbocycles. The molecule has 3 heteroatoms. The Kier molecular flexibility index (Phi) is 2.28. The number of nitrogens with two attached hydrogens (primary N) is 1. The highest BCUT2D eigenvalue weighted by Crippen LogP contribution is 2.44. The van der Waals surface area contributed by atoms with E-state index < -0.39 is 0 Å². The summed E-state index contributed by atoms with van der Waals surface area (Å²) in [5.41, 5.74) is 5.65. The second kappa shape index (κ2) is 3.29. The summed E-state index contributed by atoms with van der Waals surface area (Å²) < 4.78 is 0. The van der Waals surface area contributed by atoms with Gasteiger partial charge in [0.05, 0.1) is 5.92 Å². The summed E-state index contributed by atoms with van der Waals surface area (Å²) in [4.78, 5) is 11.3. The molecule has 1 atom stereocenters. The fourth-order valence-electron chi connectivity index (χ4n) is 2.99. The largest absolute Gasteiger partial charge is 0.369 e. The lowest BCUT2D eigenvalue weighted by Crippen LogP contribution is -2.39. The van der Waals surface area contributed by atoms with Crippen molar-refractivity contribution in [1.29, 1.82) is 0 Å². The number of primary amides is 1. The zero-order chi connectivity index (χ0) is 9.31. The molecule has 74 valence electrons. The lowest BCUT2D eigenvalue weighted by atomic mass is 9.67. The van der Waals surface area contributed by atoms with Crippen LogP contribution in [-0.2, 0) is 4.79 Å². The standard InChI is InChI=1S/C10H18N2O/c11-9(13)8-6-12-7-10(8)4-2-1-3-5-10/h8,12H,1-7H2,(H2,11,13).